The predicted molar refractivity (Wildman–Crippen MR) is 117 cm³/mol. The van der Waals surface area contributed by atoms with Gasteiger partial charge in [0, 0.05) is 11.5 Å². The van der Waals surface area contributed by atoms with Crippen LogP contribution in [0.3, 0.4) is 0 Å². The molecule has 2 aliphatic carbocycles. The molecule has 7 nitrogen and oxygen atoms in total. The van der Waals surface area contributed by atoms with E-state index in [1.807, 2.05) is 6.92 Å². The number of rotatable bonds is 5. The molecule has 7 heteroatoms. The number of amides is 2. The van der Waals surface area contributed by atoms with Crippen molar-refractivity contribution in [2.45, 2.75) is 46.5 Å². The molecule has 164 valence electrons. The van der Waals surface area contributed by atoms with Crippen molar-refractivity contribution < 1.29 is 18.7 Å². The average Bonchev–Trinajstić information content (AvgIpc) is 3.28. The highest BCUT2D eigenvalue weighted by Gasteiger charge is 2.61. The van der Waals surface area contributed by atoms with Crippen molar-refractivity contribution in [3.05, 3.63) is 52.4 Å². The molecule has 4 rings (SSSR count). The van der Waals surface area contributed by atoms with Gasteiger partial charge < -0.3 is 9.15 Å². The van der Waals surface area contributed by atoms with Gasteiger partial charge in [0.25, 0.3) is 5.91 Å². The smallest absolute Gasteiger partial charge is 0.349 e. The van der Waals surface area contributed by atoms with E-state index in [0.717, 1.165) is 31.3 Å². The normalized spacial score (nSPS) is 23.7. The Balaban J connectivity index is 1.49. The molecule has 1 aromatic carbocycles. The van der Waals surface area contributed by atoms with Gasteiger partial charge in [0.1, 0.15) is 16.9 Å². The van der Waals surface area contributed by atoms with E-state index in [9.17, 15) is 14.4 Å². The van der Waals surface area contributed by atoms with Gasteiger partial charge in [-0.05, 0) is 55.2 Å². The number of nitrogens with one attached hydrogen (secondary N) is 2. The molecule has 2 saturated carbocycles. The number of ether oxygens (including phenoxy) is 1. The van der Waals surface area contributed by atoms with Crippen LogP contribution in [0.1, 0.15) is 56.8 Å². The number of hydrogen-bond donors (Lipinski definition) is 2. The Morgan fingerprint density at radius 3 is 2.71 bits per heavy atom. The molecule has 0 aliphatic heterocycles. The number of benzene rings is 1. The molecule has 2 amide bonds. The van der Waals surface area contributed by atoms with Gasteiger partial charge in [-0.25, -0.2) is 4.79 Å². The van der Waals surface area contributed by atoms with E-state index in [1.54, 1.807) is 18.2 Å². The van der Waals surface area contributed by atoms with Crippen LogP contribution in [0.2, 0.25) is 0 Å². The SMILES string of the molecule is C=C1C2(C(=O)NNC(=O)c3cc4ccc(OCCC)cc4oc3=O)CCC(C2)C1(C)C. The van der Waals surface area contributed by atoms with E-state index in [1.165, 1.54) is 6.07 Å². The first-order valence-corrected chi connectivity index (χ1v) is 10.7. The summed E-state index contributed by atoms with van der Waals surface area (Å²) < 4.78 is 10.9. The van der Waals surface area contributed by atoms with Crippen LogP contribution >= 0.6 is 0 Å². The largest absolute Gasteiger partial charge is 0.493 e. The Morgan fingerprint density at radius 2 is 2.03 bits per heavy atom. The molecule has 2 bridgehead atoms. The maximum atomic E-state index is 13.0. The fourth-order valence-electron chi connectivity index (χ4n) is 5.00. The van der Waals surface area contributed by atoms with Crippen LogP contribution in [-0.2, 0) is 4.79 Å². The standard InChI is InChI=1S/C24H28N2O5/c1-5-10-30-17-7-6-15-11-18(21(28)31-19(15)12-17)20(27)25-26-22(29)24-9-8-16(13-24)23(3,4)14(24)2/h6-7,11-12,16H,2,5,8-10,13H2,1,3-4H3,(H,25,27)(H,26,29). The first-order valence-electron chi connectivity index (χ1n) is 10.7. The van der Waals surface area contributed by atoms with Gasteiger partial charge >= 0.3 is 5.63 Å². The highest BCUT2D eigenvalue weighted by molar-refractivity contribution is 5.98. The molecule has 1 aromatic heterocycles. The van der Waals surface area contributed by atoms with Gasteiger partial charge in [-0.2, -0.15) is 0 Å². The molecule has 2 N–H and O–H groups in total. The summed E-state index contributed by atoms with van der Waals surface area (Å²) in [6.45, 7) is 11.0. The van der Waals surface area contributed by atoms with Crippen LogP contribution in [0, 0.1) is 16.7 Å². The lowest BCUT2D eigenvalue weighted by Crippen LogP contribution is -2.50. The minimum absolute atomic E-state index is 0.0985. The minimum Gasteiger partial charge on any atom is -0.493 e. The quantitative estimate of drug-likeness (QED) is 0.433. The van der Waals surface area contributed by atoms with Crippen molar-refractivity contribution in [2.75, 3.05) is 6.61 Å². The van der Waals surface area contributed by atoms with E-state index < -0.39 is 16.9 Å². The fraction of sp³-hybridized carbons (Fsp3) is 0.458. The summed E-state index contributed by atoms with van der Waals surface area (Å²) in [6, 6.07) is 6.55. The van der Waals surface area contributed by atoms with Crippen molar-refractivity contribution in [3.8, 4) is 5.75 Å². The Morgan fingerprint density at radius 1 is 1.26 bits per heavy atom. The number of carbonyl (C=O) groups excluding carboxylic acids is 2. The number of carbonyl (C=O) groups is 2. The van der Waals surface area contributed by atoms with Crippen LogP contribution in [-0.4, -0.2) is 18.4 Å². The zero-order valence-electron chi connectivity index (χ0n) is 18.2. The fourth-order valence-corrected chi connectivity index (χ4v) is 5.00. The molecule has 0 radical (unpaired) electrons. The monoisotopic (exact) mass is 424 g/mol. The highest BCUT2D eigenvalue weighted by atomic mass is 16.5. The molecular weight excluding hydrogens is 396 g/mol. The lowest BCUT2D eigenvalue weighted by molar-refractivity contribution is -0.129. The van der Waals surface area contributed by atoms with E-state index in [-0.39, 0.29) is 16.9 Å². The topological polar surface area (TPSA) is 97.6 Å². The third kappa shape index (κ3) is 3.42. The highest BCUT2D eigenvalue weighted by Crippen LogP contribution is 2.65. The Kier molecular flexibility index (Phi) is 5.15. The van der Waals surface area contributed by atoms with Gasteiger partial charge in [0.05, 0.1) is 12.0 Å². The summed E-state index contributed by atoms with van der Waals surface area (Å²) in [5, 5.41) is 0.586. The predicted octanol–water partition coefficient (Wildman–Crippen LogP) is 3.73. The first-order chi connectivity index (χ1) is 14.7. The molecule has 2 aromatic rings. The van der Waals surface area contributed by atoms with E-state index in [4.69, 9.17) is 9.15 Å². The zero-order valence-corrected chi connectivity index (χ0v) is 18.2. The molecule has 0 spiro atoms. The lowest BCUT2D eigenvalue weighted by atomic mass is 9.68. The number of fused-ring (bicyclic) bond motifs is 3. The summed E-state index contributed by atoms with van der Waals surface area (Å²) in [4.78, 5) is 38.0. The Hall–Kier alpha value is -3.09. The molecule has 2 unspecified atom stereocenters. The van der Waals surface area contributed by atoms with Crippen molar-refractivity contribution in [1.29, 1.82) is 0 Å². The third-order valence-corrected chi connectivity index (χ3v) is 7.04. The number of hydrogen-bond acceptors (Lipinski definition) is 5. The summed E-state index contributed by atoms with van der Waals surface area (Å²) in [5.41, 5.74) is 4.42. The molecular formula is C24H28N2O5. The summed E-state index contributed by atoms with van der Waals surface area (Å²) in [5.74, 6) is 0.0157. The van der Waals surface area contributed by atoms with E-state index in [0.29, 0.717) is 29.2 Å². The molecule has 1 heterocycles. The van der Waals surface area contributed by atoms with Gasteiger partial charge in [0.2, 0.25) is 5.91 Å². The number of hydrazine groups is 1. The molecule has 2 fully saturated rings. The molecule has 2 atom stereocenters. The van der Waals surface area contributed by atoms with Crippen LogP contribution in [0.4, 0.5) is 0 Å². The summed E-state index contributed by atoms with van der Waals surface area (Å²) in [7, 11) is 0. The second-order valence-corrected chi connectivity index (χ2v) is 9.13. The second kappa shape index (κ2) is 7.55. The van der Waals surface area contributed by atoms with Crippen molar-refractivity contribution >= 4 is 22.8 Å². The first kappa shape index (κ1) is 21.2. The molecule has 2 aliphatic rings. The van der Waals surface area contributed by atoms with Crippen LogP contribution in [0.5, 0.6) is 5.75 Å². The van der Waals surface area contributed by atoms with E-state index >= 15 is 0 Å². The van der Waals surface area contributed by atoms with Gasteiger partial charge in [-0.1, -0.05) is 32.9 Å². The maximum Gasteiger partial charge on any atom is 0.349 e. The van der Waals surface area contributed by atoms with Gasteiger partial charge in [-0.3, -0.25) is 20.4 Å². The summed E-state index contributed by atoms with van der Waals surface area (Å²) in [6.07, 6.45) is 3.29. The summed E-state index contributed by atoms with van der Waals surface area (Å²) >= 11 is 0. The minimum atomic E-state index is -0.780. The molecule has 0 saturated heterocycles. The van der Waals surface area contributed by atoms with Crippen LogP contribution in [0.15, 0.2) is 45.6 Å². The van der Waals surface area contributed by atoms with Crippen LogP contribution in [0.25, 0.3) is 11.0 Å². The second-order valence-electron chi connectivity index (χ2n) is 9.13. The van der Waals surface area contributed by atoms with Gasteiger partial charge in [-0.15, -0.1) is 0 Å². The van der Waals surface area contributed by atoms with Crippen LogP contribution < -0.4 is 21.2 Å². The molecule has 31 heavy (non-hydrogen) atoms. The Labute approximate surface area is 180 Å². The maximum absolute atomic E-state index is 13.0. The lowest BCUT2D eigenvalue weighted by Gasteiger charge is -2.37. The third-order valence-electron chi connectivity index (χ3n) is 7.04. The van der Waals surface area contributed by atoms with Crippen molar-refractivity contribution in [1.82, 2.24) is 10.9 Å². The average molecular weight is 424 g/mol. The van der Waals surface area contributed by atoms with Crippen molar-refractivity contribution in [2.24, 2.45) is 16.7 Å². The van der Waals surface area contributed by atoms with E-state index in [2.05, 4.69) is 31.3 Å². The Bertz CT molecular complexity index is 1130. The van der Waals surface area contributed by atoms with Gasteiger partial charge in [0.15, 0.2) is 0 Å². The van der Waals surface area contributed by atoms with Crippen molar-refractivity contribution in [3.63, 3.8) is 0 Å². The zero-order chi connectivity index (χ0) is 22.4.